The highest BCUT2D eigenvalue weighted by atomic mass is 16.3. The molecule has 0 heterocycles. The first kappa shape index (κ1) is 8.57. The van der Waals surface area contributed by atoms with Crippen LogP contribution in [0.2, 0.25) is 0 Å². The zero-order chi connectivity index (χ0) is 9.26. The number of aromatic hydroxyl groups is 1. The summed E-state index contributed by atoms with van der Waals surface area (Å²) in [6.07, 6.45) is 4.29. The van der Waals surface area contributed by atoms with Gasteiger partial charge in [-0.2, -0.15) is 0 Å². The molecule has 0 fully saturated rings. The molecule has 3 N–H and O–H groups in total. The van der Waals surface area contributed by atoms with Crippen molar-refractivity contribution in [3.8, 4) is 5.75 Å². The fourth-order valence-electron chi connectivity index (χ4n) is 2.15. The van der Waals surface area contributed by atoms with Crippen LogP contribution in [-0.4, -0.2) is 11.7 Å². The molecule has 0 saturated heterocycles. The van der Waals surface area contributed by atoms with E-state index >= 15 is 0 Å². The van der Waals surface area contributed by atoms with Gasteiger partial charge in [-0.3, -0.25) is 0 Å². The van der Waals surface area contributed by atoms with Gasteiger partial charge in [0.1, 0.15) is 5.75 Å². The number of rotatable bonds is 2. The van der Waals surface area contributed by atoms with Crippen molar-refractivity contribution < 1.29 is 5.11 Å². The minimum Gasteiger partial charge on any atom is -0.508 e. The number of phenols is 1. The summed E-state index contributed by atoms with van der Waals surface area (Å²) < 4.78 is 0. The molecule has 0 aliphatic heterocycles. The molecule has 0 amide bonds. The highest BCUT2D eigenvalue weighted by Gasteiger charge is 2.16. The molecule has 1 aromatic carbocycles. The molecule has 1 aliphatic rings. The average Bonchev–Trinajstić information content (AvgIpc) is 2.58. The molecule has 2 nitrogen and oxygen atoms in total. The highest BCUT2D eigenvalue weighted by molar-refractivity contribution is 5.46. The quantitative estimate of drug-likeness (QED) is 0.717. The summed E-state index contributed by atoms with van der Waals surface area (Å²) in [5, 5.41) is 9.65. The second kappa shape index (κ2) is 3.38. The number of nitrogens with two attached hydrogens (primary N) is 1. The molecular weight excluding hydrogens is 162 g/mol. The van der Waals surface area contributed by atoms with Gasteiger partial charge in [0.05, 0.1) is 0 Å². The smallest absolute Gasteiger partial charge is 0.119 e. The van der Waals surface area contributed by atoms with E-state index in [4.69, 9.17) is 5.73 Å². The van der Waals surface area contributed by atoms with E-state index in [1.807, 2.05) is 6.07 Å². The Hall–Kier alpha value is -1.02. The molecule has 2 heteroatoms. The normalized spacial score (nSPS) is 14.5. The van der Waals surface area contributed by atoms with Crippen molar-refractivity contribution in [3.63, 3.8) is 0 Å². The van der Waals surface area contributed by atoms with Crippen molar-refractivity contribution in [1.29, 1.82) is 0 Å². The van der Waals surface area contributed by atoms with Gasteiger partial charge in [0.15, 0.2) is 0 Å². The first-order valence-electron chi connectivity index (χ1n) is 4.85. The van der Waals surface area contributed by atoms with Gasteiger partial charge in [0.2, 0.25) is 0 Å². The summed E-state index contributed by atoms with van der Waals surface area (Å²) in [6, 6.07) is 3.84. The SMILES string of the molecule is NCCc1c(O)ccc2c1CCC2. The number of benzene rings is 1. The Morgan fingerprint density at radius 1 is 1.31 bits per heavy atom. The Kier molecular flexibility index (Phi) is 2.23. The molecule has 0 atom stereocenters. The van der Waals surface area contributed by atoms with Crippen LogP contribution in [0, 0.1) is 0 Å². The van der Waals surface area contributed by atoms with E-state index in [1.165, 1.54) is 17.5 Å². The second-order valence-corrected chi connectivity index (χ2v) is 3.59. The van der Waals surface area contributed by atoms with E-state index in [1.54, 1.807) is 6.07 Å². The van der Waals surface area contributed by atoms with Crippen molar-refractivity contribution in [2.75, 3.05) is 6.54 Å². The highest BCUT2D eigenvalue weighted by Crippen LogP contribution is 2.31. The van der Waals surface area contributed by atoms with Gasteiger partial charge in [-0.15, -0.1) is 0 Å². The molecule has 70 valence electrons. The maximum absolute atomic E-state index is 9.65. The van der Waals surface area contributed by atoms with Crippen LogP contribution in [0.5, 0.6) is 5.75 Å². The number of phenolic OH excluding ortho intramolecular Hbond substituents is 1. The summed E-state index contributed by atoms with van der Waals surface area (Å²) in [7, 11) is 0. The maximum Gasteiger partial charge on any atom is 0.119 e. The molecule has 13 heavy (non-hydrogen) atoms. The van der Waals surface area contributed by atoms with Gasteiger partial charge in [-0.1, -0.05) is 6.07 Å². The lowest BCUT2D eigenvalue weighted by atomic mass is 10.00. The van der Waals surface area contributed by atoms with Crippen LogP contribution < -0.4 is 5.73 Å². The Morgan fingerprint density at radius 2 is 2.15 bits per heavy atom. The minimum atomic E-state index is 0.422. The third-order valence-electron chi connectivity index (χ3n) is 2.77. The second-order valence-electron chi connectivity index (χ2n) is 3.59. The third kappa shape index (κ3) is 1.42. The first-order chi connectivity index (χ1) is 6.33. The fourth-order valence-corrected chi connectivity index (χ4v) is 2.15. The van der Waals surface area contributed by atoms with E-state index < -0.39 is 0 Å². The topological polar surface area (TPSA) is 46.2 Å². The van der Waals surface area contributed by atoms with Crippen molar-refractivity contribution in [2.24, 2.45) is 5.73 Å². The molecule has 0 spiro atoms. The van der Waals surface area contributed by atoms with Gasteiger partial charge in [0.25, 0.3) is 0 Å². The third-order valence-corrected chi connectivity index (χ3v) is 2.77. The summed E-state index contributed by atoms with van der Waals surface area (Å²) in [5.74, 6) is 0.422. The van der Waals surface area contributed by atoms with Crippen LogP contribution >= 0.6 is 0 Å². The first-order valence-corrected chi connectivity index (χ1v) is 4.85. The predicted molar refractivity (Wildman–Crippen MR) is 52.9 cm³/mol. The van der Waals surface area contributed by atoms with Crippen molar-refractivity contribution >= 4 is 0 Å². The number of hydrogen-bond acceptors (Lipinski definition) is 2. The molecule has 1 aliphatic carbocycles. The molecule has 0 saturated carbocycles. The monoisotopic (exact) mass is 177 g/mol. The molecule has 0 aromatic heterocycles. The van der Waals surface area contributed by atoms with Crippen LogP contribution in [0.4, 0.5) is 0 Å². The summed E-state index contributed by atoms with van der Waals surface area (Å²) in [5.41, 5.74) is 9.35. The van der Waals surface area contributed by atoms with E-state index in [2.05, 4.69) is 0 Å². The van der Waals surface area contributed by atoms with E-state index in [0.29, 0.717) is 12.3 Å². The van der Waals surface area contributed by atoms with Gasteiger partial charge < -0.3 is 10.8 Å². The van der Waals surface area contributed by atoms with Gasteiger partial charge in [-0.05, 0) is 55.0 Å². The lowest BCUT2D eigenvalue weighted by Gasteiger charge is -2.09. The Labute approximate surface area is 78.4 Å². The zero-order valence-electron chi connectivity index (χ0n) is 7.71. The molecule has 0 unspecified atom stereocenters. The standard InChI is InChI=1S/C11H15NO/c12-7-6-10-9-3-1-2-8(9)4-5-11(10)13/h4-5,13H,1-3,6-7,12H2. The van der Waals surface area contributed by atoms with Gasteiger partial charge >= 0.3 is 0 Å². The van der Waals surface area contributed by atoms with Crippen molar-refractivity contribution in [2.45, 2.75) is 25.7 Å². The fraction of sp³-hybridized carbons (Fsp3) is 0.455. The lowest BCUT2D eigenvalue weighted by molar-refractivity contribution is 0.467. The van der Waals surface area contributed by atoms with Crippen LogP contribution in [0.1, 0.15) is 23.1 Å². The van der Waals surface area contributed by atoms with Crippen LogP contribution in [0.3, 0.4) is 0 Å². The molecular formula is C11H15NO. The summed E-state index contributed by atoms with van der Waals surface area (Å²) in [4.78, 5) is 0. The number of aryl methyl sites for hydroxylation is 1. The largest absolute Gasteiger partial charge is 0.508 e. The summed E-state index contributed by atoms with van der Waals surface area (Å²) in [6.45, 7) is 0.615. The van der Waals surface area contributed by atoms with Crippen LogP contribution in [0.25, 0.3) is 0 Å². The Balaban J connectivity index is 2.45. The molecule has 1 aromatic rings. The predicted octanol–water partition coefficient (Wildman–Crippen LogP) is 1.38. The van der Waals surface area contributed by atoms with Crippen LogP contribution in [-0.2, 0) is 19.3 Å². The molecule has 2 rings (SSSR count). The van der Waals surface area contributed by atoms with Gasteiger partial charge in [-0.25, -0.2) is 0 Å². The lowest BCUT2D eigenvalue weighted by Crippen LogP contribution is -2.05. The Bertz CT molecular complexity index is 320. The van der Waals surface area contributed by atoms with E-state index in [-0.39, 0.29) is 0 Å². The number of fused-ring (bicyclic) bond motifs is 1. The maximum atomic E-state index is 9.65. The van der Waals surface area contributed by atoms with E-state index in [0.717, 1.165) is 24.8 Å². The summed E-state index contributed by atoms with van der Waals surface area (Å²) >= 11 is 0. The van der Waals surface area contributed by atoms with Gasteiger partial charge in [0, 0.05) is 0 Å². The number of hydrogen-bond donors (Lipinski definition) is 2. The Morgan fingerprint density at radius 3 is 2.92 bits per heavy atom. The van der Waals surface area contributed by atoms with Crippen LogP contribution in [0.15, 0.2) is 12.1 Å². The van der Waals surface area contributed by atoms with Crippen molar-refractivity contribution in [1.82, 2.24) is 0 Å². The molecule has 0 radical (unpaired) electrons. The average molecular weight is 177 g/mol. The zero-order valence-corrected chi connectivity index (χ0v) is 7.71. The van der Waals surface area contributed by atoms with E-state index in [9.17, 15) is 5.11 Å². The van der Waals surface area contributed by atoms with Crippen molar-refractivity contribution in [3.05, 3.63) is 28.8 Å². The molecule has 0 bridgehead atoms. The minimum absolute atomic E-state index is 0.422.